The van der Waals surface area contributed by atoms with E-state index in [4.69, 9.17) is 24.3 Å². The van der Waals surface area contributed by atoms with E-state index in [1.165, 1.54) is 0 Å². The first-order chi connectivity index (χ1) is 38.8. The number of hydrogen-bond acceptors (Lipinski definition) is 8. The number of carbonyl (C=O) groups is 2. The molecule has 0 aromatic heterocycles. The Balaban J connectivity index is 4.20. The maximum atomic E-state index is 12.7. The summed E-state index contributed by atoms with van der Waals surface area (Å²) in [5, 5.41) is 0. The molecule has 0 rings (SSSR count). The summed E-state index contributed by atoms with van der Waals surface area (Å²) in [6.07, 6.45) is 96.0. The zero-order valence-corrected chi connectivity index (χ0v) is 49.6. The average Bonchev–Trinajstić information content (AvgIpc) is 3.44. The molecule has 438 valence electrons. The molecule has 0 saturated carbocycles. The predicted octanol–water partition coefficient (Wildman–Crippen LogP) is 19.2. The maximum absolute atomic E-state index is 12.7. The standard InChI is InChI=1S/C69H104NO8P/c1-3-5-7-9-11-13-15-17-19-21-23-25-27-28-29-30-31-32-33-34-35-36-37-38-40-42-44-46-48-50-52-54-56-58-60-62-69(72)78-67(66-77-79(73,74)76-64-63-70)65-75-68(71)61-59-57-55-53-51-49-47-45-43-41-39-26-24-22-20-18-16-14-12-10-8-6-4-2/h5-8,11-14,17-20,23-26,28-29,31-32,34-35,37-38,41-44,47-50,53,55,67H,3-4,9-10,15-16,21-22,27,30,33,36,39-40,45-46,51-52,54,56-66,70H2,1-2H3,(H,73,74)/b7-5-,8-6-,13-11-,14-12-,19-17-,20-18-,25-23-,26-24-,29-28-,32-31-,35-34-,38-37-,43-41-,44-42-,49-47-,50-48-,55-53-. The molecule has 3 N–H and O–H groups in total. The smallest absolute Gasteiger partial charge is 0.462 e. The van der Waals surface area contributed by atoms with Crippen LogP contribution in [0, 0.1) is 0 Å². The van der Waals surface area contributed by atoms with Gasteiger partial charge in [0.05, 0.1) is 13.2 Å². The molecule has 0 fully saturated rings. The highest BCUT2D eigenvalue weighted by Gasteiger charge is 2.26. The third-order valence-electron chi connectivity index (χ3n) is 11.2. The molecule has 10 heteroatoms. The molecule has 2 unspecified atom stereocenters. The molecule has 79 heavy (non-hydrogen) atoms. The Kier molecular flexibility index (Phi) is 57.6. The van der Waals surface area contributed by atoms with Gasteiger partial charge < -0.3 is 20.1 Å². The molecule has 0 aliphatic carbocycles. The molecule has 0 radical (unpaired) electrons. The third-order valence-corrected chi connectivity index (χ3v) is 12.1. The van der Waals surface area contributed by atoms with Gasteiger partial charge >= 0.3 is 19.8 Å². The summed E-state index contributed by atoms with van der Waals surface area (Å²) in [4.78, 5) is 35.2. The minimum Gasteiger partial charge on any atom is -0.462 e. The van der Waals surface area contributed by atoms with Gasteiger partial charge in [-0.3, -0.25) is 18.6 Å². The van der Waals surface area contributed by atoms with Crippen molar-refractivity contribution in [3.05, 3.63) is 207 Å². The second-order valence-corrected chi connectivity index (χ2v) is 19.8. The zero-order chi connectivity index (χ0) is 57.3. The number of nitrogens with two attached hydrogens (primary N) is 1. The summed E-state index contributed by atoms with van der Waals surface area (Å²) in [6.45, 7) is 3.37. The van der Waals surface area contributed by atoms with Gasteiger partial charge in [-0.1, -0.05) is 233 Å². The van der Waals surface area contributed by atoms with E-state index in [2.05, 4.69) is 214 Å². The fraction of sp³-hybridized carbons (Fsp3) is 0.478. The summed E-state index contributed by atoms with van der Waals surface area (Å²) in [5.41, 5.74) is 5.37. The van der Waals surface area contributed by atoms with E-state index in [-0.39, 0.29) is 32.6 Å². The van der Waals surface area contributed by atoms with Crippen LogP contribution in [-0.4, -0.2) is 49.3 Å². The molecule has 0 aromatic rings. The van der Waals surface area contributed by atoms with E-state index in [0.717, 1.165) is 135 Å². The van der Waals surface area contributed by atoms with E-state index in [1.54, 1.807) is 0 Å². The number of esters is 2. The van der Waals surface area contributed by atoms with Crippen LogP contribution in [0.25, 0.3) is 0 Å². The van der Waals surface area contributed by atoms with E-state index < -0.39 is 32.5 Å². The summed E-state index contributed by atoms with van der Waals surface area (Å²) < 4.78 is 32.9. The number of phosphoric acid groups is 1. The fourth-order valence-electron chi connectivity index (χ4n) is 6.89. The Bertz CT molecular complexity index is 2040. The lowest BCUT2D eigenvalue weighted by Crippen LogP contribution is -2.29. The minimum atomic E-state index is -4.43. The predicted molar refractivity (Wildman–Crippen MR) is 338 cm³/mol. The van der Waals surface area contributed by atoms with Crippen molar-refractivity contribution in [2.75, 3.05) is 26.4 Å². The Morgan fingerprint density at radius 2 is 0.671 bits per heavy atom. The molecule has 0 aliphatic heterocycles. The van der Waals surface area contributed by atoms with Crippen LogP contribution in [0.3, 0.4) is 0 Å². The Morgan fingerprint density at radius 3 is 1.00 bits per heavy atom. The van der Waals surface area contributed by atoms with Gasteiger partial charge in [0.1, 0.15) is 6.61 Å². The van der Waals surface area contributed by atoms with Crippen LogP contribution in [0.1, 0.15) is 181 Å². The van der Waals surface area contributed by atoms with Gasteiger partial charge in [0.15, 0.2) is 6.10 Å². The van der Waals surface area contributed by atoms with Gasteiger partial charge in [-0.2, -0.15) is 0 Å². The van der Waals surface area contributed by atoms with Gasteiger partial charge in [0, 0.05) is 19.4 Å². The monoisotopic (exact) mass is 1110 g/mol. The normalized spacial score (nSPS) is 14.5. The fourth-order valence-corrected chi connectivity index (χ4v) is 7.65. The number of phosphoric ester groups is 1. The number of hydrogen-bond donors (Lipinski definition) is 2. The molecule has 0 spiro atoms. The molecule has 0 saturated heterocycles. The molecule has 0 amide bonds. The van der Waals surface area contributed by atoms with E-state index in [0.29, 0.717) is 19.3 Å². The molecular weight excluding hydrogens is 1000 g/mol. The largest absolute Gasteiger partial charge is 0.472 e. The van der Waals surface area contributed by atoms with Crippen molar-refractivity contribution >= 4 is 19.8 Å². The van der Waals surface area contributed by atoms with Crippen molar-refractivity contribution in [1.29, 1.82) is 0 Å². The van der Waals surface area contributed by atoms with Crippen molar-refractivity contribution < 1.29 is 37.6 Å². The van der Waals surface area contributed by atoms with Gasteiger partial charge in [-0.25, -0.2) is 4.57 Å². The maximum Gasteiger partial charge on any atom is 0.472 e. The minimum absolute atomic E-state index is 0.0283. The van der Waals surface area contributed by atoms with Gasteiger partial charge in [0.25, 0.3) is 0 Å². The Labute approximate surface area is 480 Å². The van der Waals surface area contributed by atoms with Crippen LogP contribution in [0.2, 0.25) is 0 Å². The van der Waals surface area contributed by atoms with Gasteiger partial charge in [-0.05, 0) is 141 Å². The van der Waals surface area contributed by atoms with Crippen LogP contribution in [0.4, 0.5) is 0 Å². The molecule has 0 aromatic carbocycles. The Morgan fingerprint density at radius 1 is 0.380 bits per heavy atom. The molecule has 0 aliphatic rings. The highest BCUT2D eigenvalue weighted by Crippen LogP contribution is 2.43. The number of carbonyl (C=O) groups excluding carboxylic acids is 2. The van der Waals surface area contributed by atoms with Crippen LogP contribution < -0.4 is 5.73 Å². The van der Waals surface area contributed by atoms with Gasteiger partial charge in [-0.15, -0.1) is 0 Å². The quantitative estimate of drug-likeness (QED) is 0.0264. The topological polar surface area (TPSA) is 134 Å². The highest BCUT2D eigenvalue weighted by atomic mass is 31.2. The number of unbranched alkanes of at least 4 members (excludes halogenated alkanes) is 5. The van der Waals surface area contributed by atoms with Crippen LogP contribution in [0.15, 0.2) is 207 Å². The average molecular weight is 1110 g/mol. The lowest BCUT2D eigenvalue weighted by molar-refractivity contribution is -0.161. The SMILES string of the molecule is CC/C=C\C/C=C\C/C=C\C/C=C\C/C=C\C/C=C\C/C=C\C/C=C\C/C=C\C/C=C\CCCCCCC(=O)OC(COC(=O)CCC/C=C\C/C=C\C/C=C\C/C=C\C/C=C\C/C=C\C/C=C\CC)COP(=O)(O)OCCN. The number of ether oxygens (including phenoxy) is 2. The first kappa shape index (κ1) is 73.6. The first-order valence-electron chi connectivity index (χ1n) is 29.6. The lowest BCUT2D eigenvalue weighted by atomic mass is 10.1. The van der Waals surface area contributed by atoms with Crippen molar-refractivity contribution in [3.8, 4) is 0 Å². The van der Waals surface area contributed by atoms with Gasteiger partial charge in [0.2, 0.25) is 0 Å². The second-order valence-electron chi connectivity index (χ2n) is 18.4. The van der Waals surface area contributed by atoms with Crippen molar-refractivity contribution in [1.82, 2.24) is 0 Å². The third kappa shape index (κ3) is 61.7. The van der Waals surface area contributed by atoms with Crippen molar-refractivity contribution in [2.24, 2.45) is 5.73 Å². The van der Waals surface area contributed by atoms with Crippen molar-refractivity contribution in [2.45, 2.75) is 187 Å². The van der Waals surface area contributed by atoms with Crippen LogP contribution in [-0.2, 0) is 32.7 Å². The van der Waals surface area contributed by atoms with E-state index in [1.807, 2.05) is 6.08 Å². The molecule has 0 bridgehead atoms. The van der Waals surface area contributed by atoms with Crippen LogP contribution in [0.5, 0.6) is 0 Å². The van der Waals surface area contributed by atoms with E-state index in [9.17, 15) is 19.0 Å². The number of allylic oxidation sites excluding steroid dienone is 34. The number of rotatable bonds is 52. The second kappa shape index (κ2) is 61.8. The summed E-state index contributed by atoms with van der Waals surface area (Å²) >= 11 is 0. The molecule has 0 heterocycles. The van der Waals surface area contributed by atoms with E-state index >= 15 is 0 Å². The molecule has 2 atom stereocenters. The zero-order valence-electron chi connectivity index (χ0n) is 48.7. The summed E-state index contributed by atoms with van der Waals surface area (Å²) in [5.74, 6) is -0.949. The molecule has 9 nitrogen and oxygen atoms in total. The lowest BCUT2D eigenvalue weighted by Gasteiger charge is -2.19. The van der Waals surface area contributed by atoms with Crippen LogP contribution >= 0.6 is 7.82 Å². The Hall–Kier alpha value is -5.41. The summed E-state index contributed by atoms with van der Waals surface area (Å²) in [7, 11) is -4.43. The summed E-state index contributed by atoms with van der Waals surface area (Å²) in [6, 6.07) is 0. The first-order valence-corrected chi connectivity index (χ1v) is 31.1. The molecular formula is C69H104NO8P. The highest BCUT2D eigenvalue weighted by molar-refractivity contribution is 7.47. The van der Waals surface area contributed by atoms with Crippen molar-refractivity contribution in [3.63, 3.8) is 0 Å².